The van der Waals surface area contributed by atoms with Crippen molar-refractivity contribution in [2.75, 3.05) is 40.3 Å². The molecule has 0 aromatic carbocycles. The zero-order valence-electron chi connectivity index (χ0n) is 11.2. The quantitative estimate of drug-likeness (QED) is 0.445. The summed E-state index contributed by atoms with van der Waals surface area (Å²) < 4.78 is 71.8. The van der Waals surface area contributed by atoms with Crippen molar-refractivity contribution in [1.29, 1.82) is 0 Å². The zero-order chi connectivity index (χ0) is 15.8. The predicted octanol–water partition coefficient (Wildman–Crippen LogP) is 1.60. The minimum atomic E-state index is -4.28. The molecule has 4 nitrogen and oxygen atoms in total. The summed E-state index contributed by atoms with van der Waals surface area (Å²) in [6.07, 6.45) is -9.55. The molecule has 0 aliphatic heterocycles. The van der Waals surface area contributed by atoms with Crippen LogP contribution in [0.15, 0.2) is 4.99 Å². The monoisotopic (exact) mass is 308 g/mol. The summed E-state index contributed by atoms with van der Waals surface area (Å²) >= 11 is 0. The summed E-state index contributed by atoms with van der Waals surface area (Å²) in [5, 5.41) is 5.06. The number of nitrogens with one attached hydrogen (secondary N) is 2. The van der Waals surface area contributed by atoms with Gasteiger partial charge in [0.2, 0.25) is 0 Å². The van der Waals surface area contributed by atoms with E-state index in [1.807, 2.05) is 0 Å². The molecule has 120 valence electrons. The molecule has 0 spiro atoms. The number of halogens is 6. The molecular weight excluding hydrogens is 290 g/mol. The van der Waals surface area contributed by atoms with Gasteiger partial charge in [0.25, 0.3) is 0 Å². The number of guanidine groups is 1. The van der Waals surface area contributed by atoms with Gasteiger partial charge < -0.3 is 10.6 Å². The number of likely N-dealkylation sites (N-methyl/N-ethyl adjacent to an activating group) is 1. The molecule has 0 heterocycles. The van der Waals surface area contributed by atoms with Gasteiger partial charge in [0.1, 0.15) is 0 Å². The van der Waals surface area contributed by atoms with Crippen LogP contribution in [-0.4, -0.2) is 63.5 Å². The number of rotatable bonds is 6. The maximum absolute atomic E-state index is 12.0. The van der Waals surface area contributed by atoms with Crippen LogP contribution >= 0.6 is 0 Å². The van der Waals surface area contributed by atoms with Crippen LogP contribution in [0.4, 0.5) is 26.3 Å². The molecular formula is C10H18F6N4. The highest BCUT2D eigenvalue weighted by atomic mass is 19.4. The topological polar surface area (TPSA) is 39.7 Å². The first-order valence-electron chi connectivity index (χ1n) is 5.80. The van der Waals surface area contributed by atoms with Crippen molar-refractivity contribution >= 4 is 5.96 Å². The standard InChI is InChI=1S/C10H18F6N4/c1-17-8(18-4-3-9(11,12)13)19-5-6-20(2)7-10(14,15)16/h3-7H2,1-2H3,(H2,17,18,19). The van der Waals surface area contributed by atoms with Crippen molar-refractivity contribution in [3.8, 4) is 0 Å². The van der Waals surface area contributed by atoms with Gasteiger partial charge in [0, 0.05) is 26.7 Å². The Morgan fingerprint density at radius 1 is 1.00 bits per heavy atom. The Bertz CT molecular complexity index is 299. The normalized spacial score (nSPS) is 13.8. The van der Waals surface area contributed by atoms with Gasteiger partial charge in [-0.25, -0.2) is 0 Å². The molecule has 0 aliphatic carbocycles. The van der Waals surface area contributed by atoms with Crippen LogP contribution in [0.25, 0.3) is 0 Å². The first kappa shape index (κ1) is 18.8. The lowest BCUT2D eigenvalue weighted by Crippen LogP contribution is -2.43. The molecule has 20 heavy (non-hydrogen) atoms. The maximum atomic E-state index is 12.0. The number of hydrogen-bond donors (Lipinski definition) is 2. The van der Waals surface area contributed by atoms with Gasteiger partial charge in [-0.15, -0.1) is 0 Å². The van der Waals surface area contributed by atoms with Crippen molar-refractivity contribution in [1.82, 2.24) is 15.5 Å². The third kappa shape index (κ3) is 11.9. The Morgan fingerprint density at radius 2 is 1.55 bits per heavy atom. The molecule has 0 atom stereocenters. The summed E-state index contributed by atoms with van der Waals surface area (Å²) in [6, 6.07) is 0. The van der Waals surface area contributed by atoms with Crippen LogP contribution in [0.1, 0.15) is 6.42 Å². The molecule has 0 bridgehead atoms. The van der Waals surface area contributed by atoms with E-state index in [1.54, 1.807) is 0 Å². The Labute approximate surface area is 113 Å². The molecule has 0 amide bonds. The van der Waals surface area contributed by atoms with Gasteiger partial charge in [0.15, 0.2) is 5.96 Å². The fourth-order valence-corrected chi connectivity index (χ4v) is 1.29. The Morgan fingerprint density at radius 3 is 2.00 bits per heavy atom. The second-order valence-electron chi connectivity index (χ2n) is 4.14. The fourth-order valence-electron chi connectivity index (χ4n) is 1.29. The number of hydrogen-bond acceptors (Lipinski definition) is 2. The van der Waals surface area contributed by atoms with E-state index in [0.29, 0.717) is 0 Å². The van der Waals surface area contributed by atoms with Gasteiger partial charge in [-0.1, -0.05) is 0 Å². The molecule has 0 aliphatic rings. The molecule has 0 aromatic rings. The molecule has 0 aromatic heterocycles. The summed E-state index contributed by atoms with van der Waals surface area (Å²) in [5.74, 6) is 0.120. The van der Waals surface area contributed by atoms with Gasteiger partial charge in [0.05, 0.1) is 13.0 Å². The first-order chi connectivity index (χ1) is 9.03. The molecule has 0 saturated carbocycles. The average Bonchev–Trinajstić information content (AvgIpc) is 2.22. The smallest absolute Gasteiger partial charge is 0.356 e. The summed E-state index contributed by atoms with van der Waals surface area (Å²) in [5.41, 5.74) is 0. The number of alkyl halides is 6. The lowest BCUT2D eigenvalue weighted by Gasteiger charge is -2.19. The molecule has 0 radical (unpaired) electrons. The van der Waals surface area contributed by atoms with Crippen LogP contribution in [0, 0.1) is 0 Å². The van der Waals surface area contributed by atoms with Crippen LogP contribution in [0.5, 0.6) is 0 Å². The lowest BCUT2D eigenvalue weighted by atomic mass is 10.4. The van der Waals surface area contributed by atoms with E-state index in [0.717, 1.165) is 4.90 Å². The van der Waals surface area contributed by atoms with E-state index in [2.05, 4.69) is 15.6 Å². The maximum Gasteiger partial charge on any atom is 0.401 e. The zero-order valence-corrected chi connectivity index (χ0v) is 11.2. The van der Waals surface area contributed by atoms with Crippen molar-refractivity contribution in [3.05, 3.63) is 0 Å². The van der Waals surface area contributed by atoms with Gasteiger partial charge in [-0.05, 0) is 7.05 Å². The number of nitrogens with zero attached hydrogens (tertiary/aromatic N) is 2. The highest BCUT2D eigenvalue weighted by molar-refractivity contribution is 5.79. The van der Waals surface area contributed by atoms with E-state index in [1.165, 1.54) is 14.1 Å². The van der Waals surface area contributed by atoms with Crippen molar-refractivity contribution in [2.24, 2.45) is 4.99 Å². The van der Waals surface area contributed by atoms with E-state index in [-0.39, 0.29) is 25.6 Å². The largest absolute Gasteiger partial charge is 0.401 e. The molecule has 0 fully saturated rings. The third-order valence-corrected chi connectivity index (χ3v) is 2.16. The average molecular weight is 308 g/mol. The first-order valence-corrected chi connectivity index (χ1v) is 5.80. The molecule has 0 rings (SSSR count). The van der Waals surface area contributed by atoms with Crippen molar-refractivity contribution in [2.45, 2.75) is 18.8 Å². The highest BCUT2D eigenvalue weighted by Crippen LogP contribution is 2.18. The SMILES string of the molecule is CN=C(NCCN(C)CC(F)(F)F)NCCC(F)(F)F. The van der Waals surface area contributed by atoms with E-state index < -0.39 is 25.3 Å². The highest BCUT2D eigenvalue weighted by Gasteiger charge is 2.29. The second kappa shape index (κ2) is 8.18. The van der Waals surface area contributed by atoms with Gasteiger partial charge in [-0.3, -0.25) is 9.89 Å². The number of aliphatic imine (C=N–C) groups is 1. The molecule has 0 unspecified atom stereocenters. The Balaban J connectivity index is 3.86. The molecule has 2 N–H and O–H groups in total. The van der Waals surface area contributed by atoms with Crippen LogP contribution in [-0.2, 0) is 0 Å². The van der Waals surface area contributed by atoms with Gasteiger partial charge >= 0.3 is 12.4 Å². The fraction of sp³-hybridized carbons (Fsp3) is 0.900. The summed E-state index contributed by atoms with van der Waals surface area (Å²) in [7, 11) is 2.66. The molecule has 10 heteroatoms. The Hall–Kier alpha value is -1.19. The Kier molecular flexibility index (Phi) is 7.69. The van der Waals surface area contributed by atoms with E-state index >= 15 is 0 Å². The second-order valence-corrected chi connectivity index (χ2v) is 4.14. The van der Waals surface area contributed by atoms with E-state index in [9.17, 15) is 26.3 Å². The third-order valence-electron chi connectivity index (χ3n) is 2.16. The van der Waals surface area contributed by atoms with Crippen LogP contribution in [0.3, 0.4) is 0 Å². The van der Waals surface area contributed by atoms with Gasteiger partial charge in [-0.2, -0.15) is 26.3 Å². The minimum absolute atomic E-state index is 0.0828. The minimum Gasteiger partial charge on any atom is -0.356 e. The van der Waals surface area contributed by atoms with Crippen LogP contribution < -0.4 is 10.6 Å². The summed E-state index contributed by atoms with van der Waals surface area (Å²) in [4.78, 5) is 4.72. The van der Waals surface area contributed by atoms with Crippen LogP contribution in [0.2, 0.25) is 0 Å². The summed E-state index contributed by atoms with van der Waals surface area (Å²) in [6.45, 7) is -1.17. The van der Waals surface area contributed by atoms with Crippen molar-refractivity contribution in [3.63, 3.8) is 0 Å². The van der Waals surface area contributed by atoms with E-state index in [4.69, 9.17) is 0 Å². The lowest BCUT2D eigenvalue weighted by molar-refractivity contribution is -0.142. The molecule has 0 saturated heterocycles. The predicted molar refractivity (Wildman–Crippen MR) is 63.6 cm³/mol. The van der Waals surface area contributed by atoms with Crippen molar-refractivity contribution < 1.29 is 26.3 Å².